The molecule has 0 spiro atoms. The highest BCUT2D eigenvalue weighted by atomic mass is 16.1. The molecular formula is C15H10N4O2. The molecule has 0 aliphatic rings. The number of hydrogen-bond donors (Lipinski definition) is 1. The quantitative estimate of drug-likeness (QED) is 0.739. The van der Waals surface area contributed by atoms with Gasteiger partial charge in [-0.3, -0.25) is 9.59 Å². The molecule has 0 aliphatic heterocycles. The first kappa shape index (κ1) is 12.9. The average Bonchev–Trinajstić information content (AvgIpc) is 3.08. The zero-order valence-corrected chi connectivity index (χ0v) is 10.9. The van der Waals surface area contributed by atoms with Crippen LogP contribution in [0.15, 0.2) is 42.5 Å². The first-order chi connectivity index (χ1) is 10.3. The largest absolute Gasteiger partial charge is 0.298 e. The summed E-state index contributed by atoms with van der Waals surface area (Å²) in [5.41, 5.74) is 2.89. The van der Waals surface area contributed by atoms with Crippen molar-refractivity contribution in [2.24, 2.45) is 0 Å². The van der Waals surface area contributed by atoms with E-state index in [-0.39, 0.29) is 0 Å². The Kier molecular flexibility index (Phi) is 3.34. The number of nitrogens with zero attached hydrogens (tertiary/aromatic N) is 3. The lowest BCUT2D eigenvalue weighted by atomic mass is 9.91. The van der Waals surface area contributed by atoms with Gasteiger partial charge in [0.25, 0.3) is 0 Å². The van der Waals surface area contributed by atoms with E-state index in [9.17, 15) is 9.59 Å². The van der Waals surface area contributed by atoms with Crippen LogP contribution in [0.2, 0.25) is 0 Å². The highest BCUT2D eigenvalue weighted by Crippen LogP contribution is 2.34. The summed E-state index contributed by atoms with van der Waals surface area (Å²) in [4.78, 5) is 22.6. The second-order valence-corrected chi connectivity index (χ2v) is 4.33. The minimum absolute atomic E-state index is 0.370. The number of hydrogen-bond acceptors (Lipinski definition) is 5. The van der Waals surface area contributed by atoms with E-state index in [4.69, 9.17) is 0 Å². The molecule has 1 heterocycles. The molecule has 102 valence electrons. The van der Waals surface area contributed by atoms with E-state index in [1.807, 2.05) is 6.07 Å². The fraction of sp³-hybridized carbons (Fsp3) is 0. The summed E-state index contributed by atoms with van der Waals surface area (Å²) in [6, 6.07) is 12.3. The predicted octanol–water partition coefficient (Wildman–Crippen LogP) is 2.16. The Labute approximate surface area is 119 Å². The highest BCUT2D eigenvalue weighted by molar-refractivity contribution is 5.99. The Morgan fingerprint density at radius 1 is 0.857 bits per heavy atom. The molecule has 0 bridgehead atoms. The van der Waals surface area contributed by atoms with Gasteiger partial charge >= 0.3 is 0 Å². The summed E-state index contributed by atoms with van der Waals surface area (Å²) in [7, 11) is 0. The molecule has 0 fully saturated rings. The molecule has 1 N–H and O–H groups in total. The number of rotatable bonds is 4. The second kappa shape index (κ2) is 5.46. The van der Waals surface area contributed by atoms with E-state index in [2.05, 4.69) is 20.6 Å². The Morgan fingerprint density at radius 3 is 2.29 bits per heavy atom. The maximum Gasteiger partial charge on any atom is 0.205 e. The highest BCUT2D eigenvalue weighted by Gasteiger charge is 2.17. The molecule has 0 radical (unpaired) electrons. The van der Waals surface area contributed by atoms with Gasteiger partial charge in [0, 0.05) is 22.3 Å². The van der Waals surface area contributed by atoms with Crippen LogP contribution in [0.5, 0.6) is 0 Å². The molecule has 0 aliphatic carbocycles. The molecule has 6 nitrogen and oxygen atoms in total. The maximum atomic E-state index is 11.4. The minimum Gasteiger partial charge on any atom is -0.298 e. The van der Waals surface area contributed by atoms with Crippen molar-refractivity contribution in [1.82, 2.24) is 20.6 Å². The van der Waals surface area contributed by atoms with Gasteiger partial charge in [-0.1, -0.05) is 42.5 Å². The van der Waals surface area contributed by atoms with Crippen LogP contribution >= 0.6 is 0 Å². The SMILES string of the molecule is O=Cc1ccccc1-c1c(C=O)cccc1-c1nn[nH]n1. The maximum absolute atomic E-state index is 11.4. The summed E-state index contributed by atoms with van der Waals surface area (Å²) < 4.78 is 0. The lowest BCUT2D eigenvalue weighted by Crippen LogP contribution is -1.96. The van der Waals surface area contributed by atoms with Crippen molar-refractivity contribution in [2.45, 2.75) is 0 Å². The van der Waals surface area contributed by atoms with Gasteiger partial charge in [-0.05, 0) is 10.8 Å². The van der Waals surface area contributed by atoms with Crippen molar-refractivity contribution < 1.29 is 9.59 Å². The van der Waals surface area contributed by atoms with Crippen molar-refractivity contribution >= 4 is 12.6 Å². The number of aromatic amines is 1. The van der Waals surface area contributed by atoms with Crippen molar-refractivity contribution in [3.63, 3.8) is 0 Å². The van der Waals surface area contributed by atoms with Crippen molar-refractivity contribution in [2.75, 3.05) is 0 Å². The summed E-state index contributed by atoms with van der Waals surface area (Å²) in [5, 5.41) is 13.8. The van der Waals surface area contributed by atoms with Crippen LogP contribution in [0.25, 0.3) is 22.5 Å². The molecule has 0 amide bonds. The van der Waals surface area contributed by atoms with Crippen LogP contribution in [-0.4, -0.2) is 33.2 Å². The summed E-state index contributed by atoms with van der Waals surface area (Å²) >= 11 is 0. The van der Waals surface area contributed by atoms with Crippen LogP contribution in [0.1, 0.15) is 20.7 Å². The Bertz CT molecular complexity index is 797. The minimum atomic E-state index is 0.370. The number of tetrazole rings is 1. The van der Waals surface area contributed by atoms with Crippen LogP contribution in [0.3, 0.4) is 0 Å². The Morgan fingerprint density at radius 2 is 1.57 bits per heavy atom. The van der Waals surface area contributed by atoms with Crippen molar-refractivity contribution in [3.05, 3.63) is 53.6 Å². The van der Waals surface area contributed by atoms with Gasteiger partial charge in [0.1, 0.15) is 0 Å². The molecule has 0 atom stereocenters. The van der Waals surface area contributed by atoms with Crippen LogP contribution in [-0.2, 0) is 0 Å². The van der Waals surface area contributed by atoms with Gasteiger partial charge in [0.05, 0.1) is 0 Å². The monoisotopic (exact) mass is 278 g/mol. The number of aldehydes is 2. The summed E-state index contributed by atoms with van der Waals surface area (Å²) in [5.74, 6) is 0.370. The second-order valence-electron chi connectivity index (χ2n) is 4.33. The first-order valence-electron chi connectivity index (χ1n) is 6.21. The molecule has 2 aromatic carbocycles. The van der Waals surface area contributed by atoms with Crippen molar-refractivity contribution in [1.29, 1.82) is 0 Å². The Balaban J connectivity index is 2.35. The fourth-order valence-corrected chi connectivity index (χ4v) is 2.26. The summed E-state index contributed by atoms with van der Waals surface area (Å²) in [6.45, 7) is 0. The van der Waals surface area contributed by atoms with Gasteiger partial charge in [0.15, 0.2) is 12.6 Å². The van der Waals surface area contributed by atoms with E-state index < -0.39 is 0 Å². The molecule has 0 saturated carbocycles. The smallest absolute Gasteiger partial charge is 0.205 e. The topological polar surface area (TPSA) is 88.6 Å². The number of H-pyrrole nitrogens is 1. The third-order valence-electron chi connectivity index (χ3n) is 3.17. The number of aromatic nitrogens is 4. The molecule has 3 rings (SSSR count). The number of nitrogens with one attached hydrogen (secondary N) is 1. The molecule has 0 unspecified atom stereocenters. The lowest BCUT2D eigenvalue weighted by Gasteiger charge is -2.11. The molecule has 6 heteroatoms. The van der Waals surface area contributed by atoms with E-state index in [1.54, 1.807) is 36.4 Å². The molecule has 1 aromatic heterocycles. The number of benzene rings is 2. The van der Waals surface area contributed by atoms with Crippen molar-refractivity contribution in [3.8, 4) is 22.5 Å². The molecule has 21 heavy (non-hydrogen) atoms. The Hall–Kier alpha value is -3.15. The van der Waals surface area contributed by atoms with Crippen LogP contribution in [0, 0.1) is 0 Å². The fourth-order valence-electron chi connectivity index (χ4n) is 2.26. The zero-order valence-electron chi connectivity index (χ0n) is 10.9. The van der Waals surface area contributed by atoms with Crippen LogP contribution in [0.4, 0.5) is 0 Å². The van der Waals surface area contributed by atoms with Gasteiger partial charge in [0.2, 0.25) is 5.82 Å². The lowest BCUT2D eigenvalue weighted by molar-refractivity contribution is 0.111. The number of carbonyl (C=O) groups excluding carboxylic acids is 2. The van der Waals surface area contributed by atoms with Gasteiger partial charge < -0.3 is 0 Å². The first-order valence-corrected chi connectivity index (χ1v) is 6.21. The van der Waals surface area contributed by atoms with Crippen LogP contribution < -0.4 is 0 Å². The zero-order chi connectivity index (χ0) is 14.7. The van der Waals surface area contributed by atoms with E-state index >= 15 is 0 Å². The molecular weight excluding hydrogens is 268 g/mol. The third-order valence-corrected chi connectivity index (χ3v) is 3.17. The van der Waals surface area contributed by atoms with Gasteiger partial charge in [-0.25, -0.2) is 0 Å². The average molecular weight is 278 g/mol. The van der Waals surface area contributed by atoms with Gasteiger partial charge in [-0.15, -0.1) is 10.2 Å². The van der Waals surface area contributed by atoms with Gasteiger partial charge in [-0.2, -0.15) is 5.21 Å². The normalized spacial score (nSPS) is 10.3. The predicted molar refractivity (Wildman–Crippen MR) is 75.8 cm³/mol. The molecule has 3 aromatic rings. The van der Waals surface area contributed by atoms with E-state index in [0.717, 1.165) is 12.6 Å². The number of carbonyl (C=O) groups is 2. The molecule has 0 saturated heterocycles. The van der Waals surface area contributed by atoms with E-state index in [1.165, 1.54) is 0 Å². The third kappa shape index (κ3) is 2.23. The standard InChI is InChI=1S/C15H10N4O2/c20-8-10-4-1-2-6-12(10)14-11(9-21)5-3-7-13(14)15-16-18-19-17-15/h1-9H,(H,16,17,18,19). The van der Waals surface area contributed by atoms with E-state index in [0.29, 0.717) is 33.6 Å². The summed E-state index contributed by atoms with van der Waals surface area (Å²) in [6.07, 6.45) is 1.51.